The molecule has 0 radical (unpaired) electrons. The van der Waals surface area contributed by atoms with Gasteiger partial charge >= 0.3 is 0 Å². The highest BCUT2D eigenvalue weighted by Crippen LogP contribution is 2.27. The summed E-state index contributed by atoms with van der Waals surface area (Å²) in [5, 5.41) is 9.22. The van der Waals surface area contributed by atoms with Crippen LogP contribution in [0.1, 0.15) is 12.2 Å². The maximum atomic E-state index is 5.30. The molecule has 4 rings (SSSR count). The highest BCUT2D eigenvalue weighted by Gasteiger charge is 2.14. The van der Waals surface area contributed by atoms with E-state index in [4.69, 9.17) is 14.5 Å². The number of hydrogen-bond acceptors (Lipinski definition) is 6. The van der Waals surface area contributed by atoms with Gasteiger partial charge in [0.25, 0.3) is 0 Å². The SMILES string of the molecule is COCCCn1cnnc1SCc1nc2ccccc2n1-c1ccc(OC)cc1. The minimum Gasteiger partial charge on any atom is -0.497 e. The van der Waals surface area contributed by atoms with Crippen molar-refractivity contribution in [1.82, 2.24) is 24.3 Å². The Balaban J connectivity index is 1.61. The van der Waals surface area contributed by atoms with Crippen LogP contribution < -0.4 is 4.74 Å². The fourth-order valence-corrected chi connectivity index (χ4v) is 4.07. The predicted octanol–water partition coefficient (Wildman–Crippen LogP) is 3.95. The summed E-state index contributed by atoms with van der Waals surface area (Å²) in [5.41, 5.74) is 3.10. The Bertz CT molecular complexity index is 1070. The molecule has 0 aliphatic rings. The summed E-state index contributed by atoms with van der Waals surface area (Å²) in [4.78, 5) is 4.87. The summed E-state index contributed by atoms with van der Waals surface area (Å²) in [6, 6.07) is 16.2. The number of thioether (sulfide) groups is 1. The Morgan fingerprint density at radius 2 is 1.86 bits per heavy atom. The summed E-state index contributed by atoms with van der Waals surface area (Å²) in [6.45, 7) is 1.55. The number of methoxy groups -OCH3 is 2. The lowest BCUT2D eigenvalue weighted by Crippen LogP contribution is -2.03. The zero-order valence-corrected chi connectivity index (χ0v) is 17.3. The minimum atomic E-state index is 0.684. The molecule has 0 unspecified atom stereocenters. The average Bonchev–Trinajstić information content (AvgIpc) is 3.36. The molecule has 2 aromatic heterocycles. The maximum Gasteiger partial charge on any atom is 0.191 e. The molecular weight excluding hydrogens is 386 g/mol. The average molecular weight is 410 g/mol. The molecule has 0 amide bonds. The van der Waals surface area contributed by atoms with Gasteiger partial charge < -0.3 is 14.0 Å². The molecule has 4 aromatic rings. The molecule has 0 fully saturated rings. The smallest absolute Gasteiger partial charge is 0.191 e. The van der Waals surface area contributed by atoms with Gasteiger partial charge in [0, 0.05) is 25.9 Å². The van der Waals surface area contributed by atoms with Crippen molar-refractivity contribution in [3.05, 3.63) is 60.7 Å². The molecule has 150 valence electrons. The number of fused-ring (bicyclic) bond motifs is 1. The van der Waals surface area contributed by atoms with Crippen molar-refractivity contribution in [3.8, 4) is 11.4 Å². The number of rotatable bonds is 9. The lowest BCUT2D eigenvalue weighted by atomic mass is 10.2. The van der Waals surface area contributed by atoms with E-state index in [2.05, 4.69) is 25.4 Å². The van der Waals surface area contributed by atoms with Gasteiger partial charge in [-0.3, -0.25) is 4.57 Å². The second-order valence-corrected chi connectivity index (χ2v) is 7.43. The fourth-order valence-electron chi connectivity index (χ4n) is 3.21. The second kappa shape index (κ2) is 9.11. The number of para-hydroxylation sites is 2. The van der Waals surface area contributed by atoms with Gasteiger partial charge in [0.2, 0.25) is 0 Å². The third-order valence-corrected chi connectivity index (χ3v) is 5.60. The number of ether oxygens (including phenoxy) is 2. The quantitative estimate of drug-likeness (QED) is 0.308. The standard InChI is InChI=1S/C21H23N5O2S/c1-27-13-5-12-25-15-22-24-21(25)29-14-20-23-18-6-3-4-7-19(18)26(20)16-8-10-17(28-2)11-9-16/h3-4,6-11,15H,5,12-14H2,1-2H3. The van der Waals surface area contributed by atoms with E-state index in [-0.39, 0.29) is 0 Å². The largest absolute Gasteiger partial charge is 0.497 e. The van der Waals surface area contributed by atoms with Crippen LogP contribution in [0.3, 0.4) is 0 Å². The van der Waals surface area contributed by atoms with Crippen LogP contribution in [-0.2, 0) is 17.0 Å². The molecule has 0 saturated carbocycles. The van der Waals surface area contributed by atoms with Crippen LogP contribution in [0.2, 0.25) is 0 Å². The molecule has 7 nitrogen and oxygen atoms in total. The number of hydrogen-bond donors (Lipinski definition) is 0. The Morgan fingerprint density at radius 3 is 2.66 bits per heavy atom. The number of benzene rings is 2. The summed E-state index contributed by atoms with van der Waals surface area (Å²) >= 11 is 1.64. The minimum absolute atomic E-state index is 0.684. The molecule has 0 N–H and O–H groups in total. The molecule has 0 saturated heterocycles. The van der Waals surface area contributed by atoms with Crippen LogP contribution in [0.5, 0.6) is 5.75 Å². The van der Waals surface area contributed by atoms with Crippen LogP contribution in [0.4, 0.5) is 0 Å². The number of nitrogens with zero attached hydrogens (tertiary/aromatic N) is 5. The molecule has 0 aliphatic heterocycles. The first-order valence-corrected chi connectivity index (χ1v) is 10.4. The van der Waals surface area contributed by atoms with E-state index in [0.717, 1.165) is 53.0 Å². The van der Waals surface area contributed by atoms with Crippen molar-refractivity contribution in [1.29, 1.82) is 0 Å². The lowest BCUT2D eigenvalue weighted by molar-refractivity contribution is 0.189. The van der Waals surface area contributed by atoms with Gasteiger partial charge in [0.15, 0.2) is 5.16 Å². The van der Waals surface area contributed by atoms with E-state index < -0.39 is 0 Å². The molecule has 29 heavy (non-hydrogen) atoms. The van der Waals surface area contributed by atoms with Crippen molar-refractivity contribution in [2.24, 2.45) is 0 Å². The summed E-state index contributed by atoms with van der Waals surface area (Å²) in [6.07, 6.45) is 2.69. The van der Waals surface area contributed by atoms with E-state index in [1.165, 1.54) is 0 Å². The van der Waals surface area contributed by atoms with Gasteiger partial charge in [-0.2, -0.15) is 0 Å². The Morgan fingerprint density at radius 1 is 1.03 bits per heavy atom. The fraction of sp³-hybridized carbons (Fsp3) is 0.286. The van der Waals surface area contributed by atoms with Crippen LogP contribution >= 0.6 is 11.8 Å². The van der Waals surface area contributed by atoms with Gasteiger partial charge in [-0.1, -0.05) is 23.9 Å². The van der Waals surface area contributed by atoms with E-state index in [0.29, 0.717) is 5.75 Å². The summed E-state index contributed by atoms with van der Waals surface area (Å²) in [7, 11) is 3.39. The summed E-state index contributed by atoms with van der Waals surface area (Å²) in [5.74, 6) is 2.48. The molecule has 2 aromatic carbocycles. The van der Waals surface area contributed by atoms with Gasteiger partial charge in [-0.25, -0.2) is 4.98 Å². The third-order valence-electron chi connectivity index (χ3n) is 4.62. The molecule has 0 bridgehead atoms. The van der Waals surface area contributed by atoms with Gasteiger partial charge in [0.1, 0.15) is 17.9 Å². The normalized spacial score (nSPS) is 11.2. The van der Waals surface area contributed by atoms with Crippen LogP contribution in [0.15, 0.2) is 60.0 Å². The van der Waals surface area contributed by atoms with Crippen molar-refractivity contribution in [2.75, 3.05) is 20.8 Å². The topological polar surface area (TPSA) is 67.0 Å². The highest BCUT2D eigenvalue weighted by atomic mass is 32.2. The van der Waals surface area contributed by atoms with Gasteiger partial charge in [-0.15, -0.1) is 10.2 Å². The highest BCUT2D eigenvalue weighted by molar-refractivity contribution is 7.98. The first-order chi connectivity index (χ1) is 14.3. The van der Waals surface area contributed by atoms with Gasteiger partial charge in [-0.05, 0) is 42.8 Å². The summed E-state index contributed by atoms with van der Waals surface area (Å²) < 4.78 is 14.7. The third kappa shape index (κ3) is 4.28. The van der Waals surface area contributed by atoms with Gasteiger partial charge in [0.05, 0.1) is 23.9 Å². The Kier molecular flexibility index (Phi) is 6.12. The van der Waals surface area contributed by atoms with Crippen molar-refractivity contribution in [2.45, 2.75) is 23.9 Å². The zero-order valence-electron chi connectivity index (χ0n) is 16.5. The van der Waals surface area contributed by atoms with Crippen molar-refractivity contribution >= 4 is 22.8 Å². The van der Waals surface area contributed by atoms with E-state index in [9.17, 15) is 0 Å². The molecule has 2 heterocycles. The maximum absolute atomic E-state index is 5.30. The molecule has 0 atom stereocenters. The second-order valence-electron chi connectivity index (χ2n) is 6.49. The first-order valence-electron chi connectivity index (χ1n) is 9.40. The van der Waals surface area contributed by atoms with E-state index >= 15 is 0 Å². The Hall–Kier alpha value is -2.84. The van der Waals surface area contributed by atoms with Crippen LogP contribution in [0.25, 0.3) is 16.7 Å². The predicted molar refractivity (Wildman–Crippen MR) is 114 cm³/mol. The molecular formula is C21H23N5O2S. The number of aryl methyl sites for hydroxylation is 1. The van der Waals surface area contributed by atoms with Crippen LogP contribution in [0, 0.1) is 0 Å². The van der Waals surface area contributed by atoms with E-state index in [1.54, 1.807) is 32.3 Å². The molecule has 8 heteroatoms. The number of aromatic nitrogens is 5. The van der Waals surface area contributed by atoms with Crippen molar-refractivity contribution in [3.63, 3.8) is 0 Å². The zero-order chi connectivity index (χ0) is 20.1. The molecule has 0 aliphatic carbocycles. The number of imidazole rings is 1. The van der Waals surface area contributed by atoms with Crippen LogP contribution in [-0.4, -0.2) is 45.1 Å². The lowest BCUT2D eigenvalue weighted by Gasteiger charge is -2.10. The van der Waals surface area contributed by atoms with Crippen molar-refractivity contribution < 1.29 is 9.47 Å². The molecule has 0 spiro atoms. The monoisotopic (exact) mass is 409 g/mol. The first kappa shape index (κ1) is 19.5. The van der Waals surface area contributed by atoms with E-state index in [1.807, 2.05) is 42.5 Å². The Labute approximate surface area is 173 Å².